The summed E-state index contributed by atoms with van der Waals surface area (Å²) in [5.74, 6) is 0.112. The summed E-state index contributed by atoms with van der Waals surface area (Å²) in [6.45, 7) is 1.57. The van der Waals surface area contributed by atoms with E-state index in [1.54, 1.807) is 4.90 Å². The highest BCUT2D eigenvalue weighted by Gasteiger charge is 2.21. The van der Waals surface area contributed by atoms with Gasteiger partial charge in [0, 0.05) is 25.8 Å². The molecular formula is C22H43ClN2O2. The Balaban J connectivity index is 0.00000676. The molecule has 27 heavy (non-hydrogen) atoms. The maximum Gasteiger partial charge on any atom is 0.229 e. The van der Waals surface area contributed by atoms with Gasteiger partial charge in [-0.25, -0.2) is 0 Å². The van der Waals surface area contributed by atoms with Gasteiger partial charge in [0.2, 0.25) is 11.8 Å². The molecule has 0 aromatic rings. The SMILES string of the molecule is C[N+](C)(C)CCCN1C(=O)CCCCCCCCCCCCCCC1=O.[Cl-]. The first-order chi connectivity index (χ1) is 12.4. The number of amides is 2. The van der Waals surface area contributed by atoms with E-state index < -0.39 is 0 Å². The maximum absolute atomic E-state index is 12.6. The fraction of sp³-hybridized carbons (Fsp3) is 0.909. The minimum Gasteiger partial charge on any atom is -1.00 e. The summed E-state index contributed by atoms with van der Waals surface area (Å²) in [4.78, 5) is 26.8. The Morgan fingerprint density at radius 1 is 0.667 bits per heavy atom. The van der Waals surface area contributed by atoms with Crippen LogP contribution in [0, 0.1) is 0 Å². The molecule has 0 spiro atoms. The predicted octanol–water partition coefficient (Wildman–Crippen LogP) is 1.92. The molecule has 0 aromatic carbocycles. The number of halogens is 1. The second kappa shape index (κ2) is 15.3. The third-order valence-electron chi connectivity index (χ3n) is 5.34. The molecule has 1 fully saturated rings. The van der Waals surface area contributed by atoms with E-state index in [2.05, 4.69) is 21.1 Å². The first-order valence-electron chi connectivity index (χ1n) is 11.0. The minimum absolute atomic E-state index is 0. The van der Waals surface area contributed by atoms with E-state index >= 15 is 0 Å². The molecule has 0 unspecified atom stereocenters. The summed E-state index contributed by atoms with van der Waals surface area (Å²) in [6.07, 6.45) is 16.5. The first kappa shape index (κ1) is 26.4. The van der Waals surface area contributed by atoms with Gasteiger partial charge in [-0.2, -0.15) is 0 Å². The summed E-state index contributed by atoms with van der Waals surface area (Å²) >= 11 is 0. The summed E-state index contributed by atoms with van der Waals surface area (Å²) in [5.41, 5.74) is 0. The molecule has 0 saturated carbocycles. The van der Waals surface area contributed by atoms with Crippen molar-refractivity contribution in [3.63, 3.8) is 0 Å². The summed E-state index contributed by atoms with van der Waals surface area (Å²) in [7, 11) is 6.46. The molecule has 1 aliphatic rings. The normalized spacial score (nSPS) is 20.0. The average molecular weight is 403 g/mol. The van der Waals surface area contributed by atoms with Gasteiger partial charge in [-0.05, 0) is 12.8 Å². The highest BCUT2D eigenvalue weighted by atomic mass is 35.5. The zero-order valence-corrected chi connectivity index (χ0v) is 18.9. The molecule has 4 nitrogen and oxygen atoms in total. The Labute approximate surface area is 174 Å². The Morgan fingerprint density at radius 2 is 1.00 bits per heavy atom. The molecule has 0 radical (unpaired) electrons. The smallest absolute Gasteiger partial charge is 0.229 e. The second-order valence-corrected chi connectivity index (χ2v) is 9.05. The standard InChI is InChI=1S/C22H43N2O2.ClH/c1-24(2,3)20-16-19-23-21(25)17-14-12-10-8-6-4-5-7-9-11-13-15-18-22(23)26;/h4-20H2,1-3H3;1H/q+1;/p-1. The summed E-state index contributed by atoms with van der Waals surface area (Å²) in [6, 6.07) is 0. The van der Waals surface area contributed by atoms with Crippen molar-refractivity contribution in [2.24, 2.45) is 0 Å². The number of hydrogen-bond acceptors (Lipinski definition) is 2. The zero-order valence-electron chi connectivity index (χ0n) is 18.1. The van der Waals surface area contributed by atoms with Crippen LogP contribution in [0.3, 0.4) is 0 Å². The quantitative estimate of drug-likeness (QED) is 0.532. The van der Waals surface area contributed by atoms with Gasteiger partial charge in [0.05, 0.1) is 27.7 Å². The minimum atomic E-state index is 0. The third-order valence-corrected chi connectivity index (χ3v) is 5.34. The maximum atomic E-state index is 12.6. The van der Waals surface area contributed by atoms with Crippen LogP contribution in [-0.4, -0.2) is 55.4 Å². The van der Waals surface area contributed by atoms with Crippen LogP contribution in [0.2, 0.25) is 0 Å². The monoisotopic (exact) mass is 402 g/mol. The van der Waals surface area contributed by atoms with Gasteiger partial charge in [-0.3, -0.25) is 14.5 Å². The van der Waals surface area contributed by atoms with Gasteiger partial charge in [-0.1, -0.05) is 64.2 Å². The van der Waals surface area contributed by atoms with Crippen LogP contribution in [0.5, 0.6) is 0 Å². The van der Waals surface area contributed by atoms with Crippen LogP contribution in [0.25, 0.3) is 0 Å². The van der Waals surface area contributed by atoms with Gasteiger partial charge in [0.25, 0.3) is 0 Å². The van der Waals surface area contributed by atoms with Crippen molar-refractivity contribution in [3.05, 3.63) is 0 Å². The van der Waals surface area contributed by atoms with E-state index in [4.69, 9.17) is 0 Å². The van der Waals surface area contributed by atoms with Crippen LogP contribution in [0.15, 0.2) is 0 Å². The van der Waals surface area contributed by atoms with Crippen molar-refractivity contribution < 1.29 is 26.5 Å². The lowest BCUT2D eigenvalue weighted by atomic mass is 10.0. The highest BCUT2D eigenvalue weighted by molar-refractivity contribution is 5.95. The number of imide groups is 1. The Hall–Kier alpha value is -0.610. The van der Waals surface area contributed by atoms with Crippen molar-refractivity contribution in [1.29, 1.82) is 0 Å². The molecule has 1 heterocycles. The lowest BCUT2D eigenvalue weighted by Gasteiger charge is -2.26. The molecule has 5 heteroatoms. The fourth-order valence-corrected chi connectivity index (χ4v) is 3.68. The molecule has 2 amide bonds. The molecule has 1 aliphatic heterocycles. The Morgan fingerprint density at radius 3 is 1.33 bits per heavy atom. The third kappa shape index (κ3) is 14.1. The first-order valence-corrected chi connectivity index (χ1v) is 11.0. The number of carbonyl (C=O) groups excluding carboxylic acids is 2. The van der Waals surface area contributed by atoms with Crippen molar-refractivity contribution in [2.75, 3.05) is 34.2 Å². The van der Waals surface area contributed by atoms with E-state index in [-0.39, 0.29) is 24.2 Å². The number of hydrogen-bond donors (Lipinski definition) is 0. The van der Waals surface area contributed by atoms with Crippen LogP contribution in [-0.2, 0) is 9.59 Å². The van der Waals surface area contributed by atoms with Crippen LogP contribution in [0.1, 0.15) is 96.3 Å². The van der Waals surface area contributed by atoms with Gasteiger partial charge in [0.1, 0.15) is 0 Å². The van der Waals surface area contributed by atoms with Crippen molar-refractivity contribution >= 4 is 11.8 Å². The van der Waals surface area contributed by atoms with Crippen molar-refractivity contribution in [3.8, 4) is 0 Å². The molecule has 1 saturated heterocycles. The Bertz CT molecular complexity index is 380. The lowest BCUT2D eigenvalue weighted by molar-refractivity contribution is -0.870. The van der Waals surface area contributed by atoms with Gasteiger partial charge >= 0.3 is 0 Å². The molecule has 0 aliphatic carbocycles. The van der Waals surface area contributed by atoms with Gasteiger partial charge in [0.15, 0.2) is 0 Å². The summed E-state index contributed by atoms with van der Waals surface area (Å²) in [5, 5.41) is 0. The molecule has 1 rings (SSSR count). The second-order valence-electron chi connectivity index (χ2n) is 9.05. The van der Waals surface area contributed by atoms with E-state index in [1.165, 1.54) is 51.4 Å². The topological polar surface area (TPSA) is 37.4 Å². The van der Waals surface area contributed by atoms with E-state index in [0.29, 0.717) is 19.4 Å². The van der Waals surface area contributed by atoms with E-state index in [1.807, 2.05) is 0 Å². The fourth-order valence-electron chi connectivity index (χ4n) is 3.68. The largest absolute Gasteiger partial charge is 1.00 e. The van der Waals surface area contributed by atoms with Gasteiger partial charge < -0.3 is 16.9 Å². The molecule has 160 valence electrons. The molecule has 0 atom stereocenters. The number of rotatable bonds is 4. The average Bonchev–Trinajstić information content (AvgIpc) is 2.57. The number of nitrogens with zero attached hydrogens (tertiary/aromatic N) is 2. The molecule has 0 aromatic heterocycles. The Kier molecular flexibility index (Phi) is 15.0. The number of quaternary nitrogens is 1. The van der Waals surface area contributed by atoms with Crippen molar-refractivity contribution in [1.82, 2.24) is 4.90 Å². The van der Waals surface area contributed by atoms with E-state index in [9.17, 15) is 9.59 Å². The zero-order chi connectivity index (χ0) is 19.3. The predicted molar refractivity (Wildman–Crippen MR) is 109 cm³/mol. The molecule has 0 N–H and O–H groups in total. The van der Waals surface area contributed by atoms with Crippen molar-refractivity contribution in [2.45, 2.75) is 96.3 Å². The molecule has 0 bridgehead atoms. The number of carbonyl (C=O) groups is 2. The molecular weight excluding hydrogens is 360 g/mol. The van der Waals surface area contributed by atoms with Crippen LogP contribution in [0.4, 0.5) is 0 Å². The lowest BCUT2D eigenvalue weighted by Crippen LogP contribution is -3.00. The van der Waals surface area contributed by atoms with Crippen LogP contribution < -0.4 is 12.4 Å². The van der Waals surface area contributed by atoms with Crippen LogP contribution >= 0.6 is 0 Å². The van der Waals surface area contributed by atoms with Gasteiger partial charge in [-0.15, -0.1) is 0 Å². The highest BCUT2D eigenvalue weighted by Crippen LogP contribution is 2.15. The van der Waals surface area contributed by atoms with E-state index in [0.717, 1.165) is 43.1 Å². The summed E-state index contributed by atoms with van der Waals surface area (Å²) < 4.78 is 0.871.